The Hall–Kier alpha value is -1.72. The normalized spacial score (nSPS) is 16.0. The van der Waals surface area contributed by atoms with E-state index in [-0.39, 0.29) is 0 Å². The second kappa shape index (κ2) is 6.58. The van der Waals surface area contributed by atoms with Crippen LogP contribution in [0.25, 0.3) is 0 Å². The average molecular weight is 318 g/mol. The first-order chi connectivity index (χ1) is 10.6. The SMILES string of the molecule is Cc1cnc(C)c(N2CCN(Cc3ccc(Cl)cn3)CC2)n1. The molecule has 0 spiro atoms. The summed E-state index contributed by atoms with van der Waals surface area (Å²) >= 11 is 5.87. The standard InChI is InChI=1S/C16H20ClN5/c1-12-9-18-13(2)16(20-12)22-7-5-21(6-8-22)11-15-4-3-14(17)10-19-15/h3-4,9-10H,5-8,11H2,1-2H3. The molecule has 1 saturated heterocycles. The van der Waals surface area contributed by atoms with Crippen molar-refractivity contribution in [3.63, 3.8) is 0 Å². The Morgan fingerprint density at radius 2 is 1.82 bits per heavy atom. The number of nitrogens with zero attached hydrogens (tertiary/aromatic N) is 5. The molecule has 1 fully saturated rings. The van der Waals surface area contributed by atoms with Gasteiger partial charge in [-0.1, -0.05) is 11.6 Å². The minimum atomic E-state index is 0.682. The summed E-state index contributed by atoms with van der Waals surface area (Å²) < 4.78 is 0. The molecule has 3 rings (SSSR count). The third kappa shape index (κ3) is 3.54. The second-order valence-electron chi connectivity index (χ2n) is 5.65. The molecule has 1 aliphatic heterocycles. The molecule has 2 aromatic heterocycles. The summed E-state index contributed by atoms with van der Waals surface area (Å²) in [4.78, 5) is 18.1. The number of anilines is 1. The van der Waals surface area contributed by atoms with Gasteiger partial charge in [-0.2, -0.15) is 0 Å². The molecule has 2 aromatic rings. The molecular weight excluding hydrogens is 298 g/mol. The van der Waals surface area contributed by atoms with Crippen LogP contribution in [-0.2, 0) is 6.54 Å². The lowest BCUT2D eigenvalue weighted by Gasteiger charge is -2.35. The molecule has 0 aromatic carbocycles. The highest BCUT2D eigenvalue weighted by atomic mass is 35.5. The summed E-state index contributed by atoms with van der Waals surface area (Å²) in [5, 5.41) is 0.682. The minimum Gasteiger partial charge on any atom is -0.353 e. The van der Waals surface area contributed by atoms with Crippen molar-refractivity contribution in [3.05, 3.63) is 46.6 Å². The van der Waals surface area contributed by atoms with Gasteiger partial charge in [-0.25, -0.2) is 4.98 Å². The number of aromatic nitrogens is 3. The number of piperazine rings is 1. The predicted octanol–water partition coefficient (Wildman–Crippen LogP) is 2.46. The zero-order chi connectivity index (χ0) is 15.5. The molecular formula is C16H20ClN5. The molecule has 0 unspecified atom stereocenters. The Morgan fingerprint density at radius 3 is 2.50 bits per heavy atom. The van der Waals surface area contributed by atoms with Crippen LogP contribution in [0.1, 0.15) is 17.1 Å². The minimum absolute atomic E-state index is 0.682. The van der Waals surface area contributed by atoms with Crippen LogP contribution in [0.15, 0.2) is 24.5 Å². The number of pyridine rings is 1. The van der Waals surface area contributed by atoms with Crippen LogP contribution < -0.4 is 4.90 Å². The van der Waals surface area contributed by atoms with Gasteiger partial charge in [0.05, 0.1) is 22.1 Å². The van der Waals surface area contributed by atoms with Crippen LogP contribution in [-0.4, -0.2) is 46.0 Å². The van der Waals surface area contributed by atoms with Crippen LogP contribution >= 0.6 is 11.6 Å². The van der Waals surface area contributed by atoms with E-state index in [4.69, 9.17) is 11.6 Å². The van der Waals surface area contributed by atoms with Gasteiger partial charge in [-0.05, 0) is 26.0 Å². The molecule has 0 N–H and O–H groups in total. The highest BCUT2D eigenvalue weighted by Gasteiger charge is 2.20. The smallest absolute Gasteiger partial charge is 0.150 e. The first-order valence-electron chi connectivity index (χ1n) is 7.50. The molecule has 0 radical (unpaired) electrons. The van der Waals surface area contributed by atoms with Crippen molar-refractivity contribution < 1.29 is 0 Å². The van der Waals surface area contributed by atoms with Gasteiger partial charge in [0, 0.05) is 45.1 Å². The van der Waals surface area contributed by atoms with E-state index >= 15 is 0 Å². The molecule has 5 nitrogen and oxygen atoms in total. The molecule has 0 saturated carbocycles. The van der Waals surface area contributed by atoms with Gasteiger partial charge >= 0.3 is 0 Å². The first kappa shape index (κ1) is 15.2. The molecule has 0 bridgehead atoms. The molecule has 22 heavy (non-hydrogen) atoms. The maximum atomic E-state index is 5.87. The van der Waals surface area contributed by atoms with E-state index in [9.17, 15) is 0 Å². The van der Waals surface area contributed by atoms with Gasteiger partial charge < -0.3 is 4.90 Å². The van der Waals surface area contributed by atoms with Gasteiger partial charge in [0.1, 0.15) is 5.82 Å². The summed E-state index contributed by atoms with van der Waals surface area (Å²) in [5.41, 5.74) is 3.02. The van der Waals surface area contributed by atoms with Crippen molar-refractivity contribution in [3.8, 4) is 0 Å². The van der Waals surface area contributed by atoms with Crippen LogP contribution in [0.5, 0.6) is 0 Å². The summed E-state index contributed by atoms with van der Waals surface area (Å²) in [6, 6.07) is 3.89. The van der Waals surface area contributed by atoms with Gasteiger partial charge in [0.25, 0.3) is 0 Å². The Morgan fingerprint density at radius 1 is 1.05 bits per heavy atom. The summed E-state index contributed by atoms with van der Waals surface area (Å²) in [6.45, 7) is 8.80. The number of aryl methyl sites for hydroxylation is 2. The second-order valence-corrected chi connectivity index (χ2v) is 6.09. The van der Waals surface area contributed by atoms with Gasteiger partial charge in [0.15, 0.2) is 0 Å². The lowest BCUT2D eigenvalue weighted by molar-refractivity contribution is 0.246. The van der Waals surface area contributed by atoms with Crippen molar-refractivity contribution >= 4 is 17.4 Å². The van der Waals surface area contributed by atoms with Crippen molar-refractivity contribution in [2.45, 2.75) is 20.4 Å². The fourth-order valence-corrected chi connectivity index (χ4v) is 2.78. The lowest BCUT2D eigenvalue weighted by Crippen LogP contribution is -2.46. The Bertz CT molecular complexity index is 635. The van der Waals surface area contributed by atoms with E-state index in [0.29, 0.717) is 5.02 Å². The van der Waals surface area contributed by atoms with Crippen LogP contribution in [0, 0.1) is 13.8 Å². The van der Waals surface area contributed by atoms with Gasteiger partial charge in [-0.15, -0.1) is 0 Å². The Labute approximate surface area is 136 Å². The average Bonchev–Trinajstić information content (AvgIpc) is 2.53. The van der Waals surface area contributed by atoms with Gasteiger partial charge in [0.2, 0.25) is 0 Å². The highest BCUT2D eigenvalue weighted by Crippen LogP contribution is 2.18. The van der Waals surface area contributed by atoms with E-state index in [0.717, 1.165) is 55.6 Å². The zero-order valence-electron chi connectivity index (χ0n) is 13.0. The Balaban J connectivity index is 1.60. The third-order valence-electron chi connectivity index (χ3n) is 3.90. The van der Waals surface area contributed by atoms with Crippen LogP contribution in [0.2, 0.25) is 5.02 Å². The molecule has 0 amide bonds. The maximum Gasteiger partial charge on any atom is 0.150 e. The number of rotatable bonds is 3. The lowest BCUT2D eigenvalue weighted by atomic mass is 10.2. The molecule has 0 aliphatic carbocycles. The number of hydrogen-bond acceptors (Lipinski definition) is 5. The van der Waals surface area contributed by atoms with E-state index in [1.165, 1.54) is 0 Å². The predicted molar refractivity (Wildman–Crippen MR) is 88.2 cm³/mol. The highest BCUT2D eigenvalue weighted by molar-refractivity contribution is 6.30. The van der Waals surface area contributed by atoms with E-state index in [1.807, 2.05) is 32.2 Å². The Kier molecular flexibility index (Phi) is 4.55. The number of halogens is 1. The van der Waals surface area contributed by atoms with Gasteiger partial charge in [-0.3, -0.25) is 14.9 Å². The quantitative estimate of drug-likeness (QED) is 0.870. The fourth-order valence-electron chi connectivity index (χ4n) is 2.67. The molecule has 3 heterocycles. The van der Waals surface area contributed by atoms with E-state index < -0.39 is 0 Å². The maximum absolute atomic E-state index is 5.87. The van der Waals surface area contributed by atoms with Crippen molar-refractivity contribution in [2.75, 3.05) is 31.1 Å². The van der Waals surface area contributed by atoms with Crippen molar-refractivity contribution in [2.24, 2.45) is 0 Å². The fraction of sp³-hybridized carbons (Fsp3) is 0.438. The van der Waals surface area contributed by atoms with Crippen molar-refractivity contribution in [1.82, 2.24) is 19.9 Å². The summed E-state index contributed by atoms with van der Waals surface area (Å²) in [7, 11) is 0. The monoisotopic (exact) mass is 317 g/mol. The topological polar surface area (TPSA) is 45.2 Å². The van der Waals surface area contributed by atoms with Crippen LogP contribution in [0.4, 0.5) is 5.82 Å². The number of hydrogen-bond donors (Lipinski definition) is 0. The molecule has 0 atom stereocenters. The molecule has 116 valence electrons. The largest absolute Gasteiger partial charge is 0.353 e. The summed E-state index contributed by atoms with van der Waals surface area (Å²) in [5.74, 6) is 1.02. The summed E-state index contributed by atoms with van der Waals surface area (Å²) in [6.07, 6.45) is 3.53. The van der Waals surface area contributed by atoms with Crippen molar-refractivity contribution in [1.29, 1.82) is 0 Å². The van der Waals surface area contributed by atoms with E-state index in [2.05, 4.69) is 24.8 Å². The molecule has 6 heteroatoms. The zero-order valence-corrected chi connectivity index (χ0v) is 13.7. The van der Waals surface area contributed by atoms with Crippen LogP contribution in [0.3, 0.4) is 0 Å². The third-order valence-corrected chi connectivity index (χ3v) is 4.12. The van der Waals surface area contributed by atoms with E-state index in [1.54, 1.807) is 6.20 Å². The molecule has 1 aliphatic rings. The first-order valence-corrected chi connectivity index (χ1v) is 7.87.